The maximum atomic E-state index is 8.25. The van der Waals surface area contributed by atoms with Crippen LogP contribution in [0.15, 0.2) is 0 Å². The van der Waals surface area contributed by atoms with E-state index in [-0.39, 0.29) is 33.3 Å². The van der Waals surface area contributed by atoms with Crippen LogP contribution in [0.5, 0.6) is 0 Å². The van der Waals surface area contributed by atoms with Gasteiger partial charge in [-0.05, 0) is 0 Å². The summed E-state index contributed by atoms with van der Waals surface area (Å²) in [6.07, 6.45) is 0. The Balaban J connectivity index is -0.0000000300. The summed E-state index contributed by atoms with van der Waals surface area (Å²) in [5.74, 6) is 0. The Morgan fingerprint density at radius 2 is 0.800 bits per heavy atom. The standard InChI is InChI=1S/Co.2NO3.Ni/c;2*2-1(3)4;/q+2;2*-1;+2. The van der Waals surface area contributed by atoms with Crippen LogP contribution in [-0.2, 0) is 33.3 Å². The van der Waals surface area contributed by atoms with Crippen LogP contribution in [0.3, 0.4) is 0 Å². The fourth-order valence-corrected chi connectivity index (χ4v) is 0. The third-order valence-electron chi connectivity index (χ3n) is 0. The van der Waals surface area contributed by atoms with Crippen molar-refractivity contribution in [3.05, 3.63) is 30.6 Å². The van der Waals surface area contributed by atoms with Gasteiger partial charge in [-0.15, -0.1) is 0 Å². The molecule has 0 atom stereocenters. The molecule has 0 aliphatic carbocycles. The first kappa shape index (κ1) is 22.7. The van der Waals surface area contributed by atoms with Gasteiger partial charge in [-0.1, -0.05) is 0 Å². The van der Waals surface area contributed by atoms with Gasteiger partial charge >= 0.3 is 33.3 Å². The molecule has 0 heterocycles. The van der Waals surface area contributed by atoms with E-state index in [1.807, 2.05) is 0 Å². The van der Waals surface area contributed by atoms with Crippen molar-refractivity contribution >= 4 is 0 Å². The topological polar surface area (TPSA) is 132 Å². The van der Waals surface area contributed by atoms with E-state index in [9.17, 15) is 0 Å². The molecule has 0 N–H and O–H groups in total. The average Bonchev–Trinajstić information content (AvgIpc) is 1.25. The predicted octanol–water partition coefficient (Wildman–Crippen LogP) is -0.483. The minimum atomic E-state index is -1.75. The van der Waals surface area contributed by atoms with E-state index in [0.29, 0.717) is 0 Å². The van der Waals surface area contributed by atoms with Gasteiger partial charge in [-0.3, -0.25) is 0 Å². The molecule has 10 heteroatoms. The van der Waals surface area contributed by atoms with Crippen molar-refractivity contribution in [3.63, 3.8) is 0 Å². The molecule has 0 saturated carbocycles. The molecule has 0 fully saturated rings. The monoisotopic (exact) mass is 241 g/mol. The molecule has 0 rings (SSSR count). The van der Waals surface area contributed by atoms with Gasteiger partial charge in [-0.2, -0.15) is 0 Å². The zero-order valence-corrected chi connectivity index (χ0v) is 6.02. The second kappa shape index (κ2) is 15.8. The fraction of sp³-hybridized carbons (Fsp3) is 0. The number of nitrogens with zero attached hydrogens (tertiary/aromatic N) is 2. The second-order valence-electron chi connectivity index (χ2n) is 0.447. The minimum Gasteiger partial charge on any atom is -0.356 e. The first-order valence-corrected chi connectivity index (χ1v) is 1.10. The van der Waals surface area contributed by atoms with Crippen LogP contribution in [0.2, 0.25) is 0 Å². The van der Waals surface area contributed by atoms with Gasteiger partial charge in [0.1, 0.15) is 0 Å². The molecule has 0 aromatic carbocycles. The second-order valence-corrected chi connectivity index (χ2v) is 0.447. The van der Waals surface area contributed by atoms with E-state index in [2.05, 4.69) is 0 Å². The largest absolute Gasteiger partial charge is 2.00 e. The Morgan fingerprint density at radius 3 is 0.800 bits per heavy atom. The Kier molecular flexibility index (Phi) is 35.9. The molecule has 1 radical (unpaired) electrons. The Bertz CT molecular complexity index is 73.7. The number of hydrogen-bond donors (Lipinski definition) is 0. The molecular weight excluding hydrogens is 242 g/mol. The molecule has 0 spiro atoms. The number of hydrogen-bond acceptors (Lipinski definition) is 6. The summed E-state index contributed by atoms with van der Waals surface area (Å²) in [4.78, 5) is 16.5. The average molecular weight is 242 g/mol. The first-order valence-electron chi connectivity index (χ1n) is 1.10. The summed E-state index contributed by atoms with van der Waals surface area (Å²) in [5.41, 5.74) is 0. The summed E-state index contributed by atoms with van der Waals surface area (Å²) in [6, 6.07) is 0. The molecule has 0 aliphatic heterocycles. The van der Waals surface area contributed by atoms with Gasteiger partial charge in [0.2, 0.25) is 0 Å². The van der Waals surface area contributed by atoms with Crippen molar-refractivity contribution in [2.75, 3.05) is 0 Å². The van der Waals surface area contributed by atoms with Crippen LogP contribution in [-0.4, -0.2) is 10.2 Å². The van der Waals surface area contributed by atoms with Crippen LogP contribution in [0.1, 0.15) is 0 Å². The molecule has 0 bridgehead atoms. The molecule has 0 unspecified atom stereocenters. The van der Waals surface area contributed by atoms with Crippen molar-refractivity contribution in [2.45, 2.75) is 0 Å². The Morgan fingerprint density at radius 1 is 0.800 bits per heavy atom. The van der Waals surface area contributed by atoms with Crippen LogP contribution < -0.4 is 0 Å². The predicted molar refractivity (Wildman–Crippen MR) is 20.7 cm³/mol. The van der Waals surface area contributed by atoms with E-state index in [1.165, 1.54) is 0 Å². The molecule has 8 nitrogen and oxygen atoms in total. The summed E-state index contributed by atoms with van der Waals surface area (Å²) in [6.45, 7) is 0. The zero-order valence-electron chi connectivity index (χ0n) is 3.99. The summed E-state index contributed by atoms with van der Waals surface area (Å²) in [7, 11) is 0. The van der Waals surface area contributed by atoms with E-state index < -0.39 is 10.2 Å². The molecule has 63 valence electrons. The molecule has 0 amide bonds. The molecule has 10 heavy (non-hydrogen) atoms. The van der Waals surface area contributed by atoms with Crippen LogP contribution >= 0.6 is 0 Å². The van der Waals surface area contributed by atoms with Gasteiger partial charge in [0.05, 0.1) is 10.2 Å². The number of rotatable bonds is 0. The quantitative estimate of drug-likeness (QED) is 0.319. The summed E-state index contributed by atoms with van der Waals surface area (Å²) < 4.78 is 0. The van der Waals surface area contributed by atoms with Crippen LogP contribution in [0.4, 0.5) is 0 Å². The third-order valence-corrected chi connectivity index (χ3v) is 0. The molecule has 0 aliphatic rings. The zero-order chi connectivity index (χ0) is 7.15. The van der Waals surface area contributed by atoms with Gasteiger partial charge < -0.3 is 30.6 Å². The van der Waals surface area contributed by atoms with Gasteiger partial charge in [-0.25, -0.2) is 0 Å². The summed E-state index contributed by atoms with van der Waals surface area (Å²) in [5, 5.41) is 29.5. The van der Waals surface area contributed by atoms with E-state index in [1.54, 1.807) is 0 Å². The van der Waals surface area contributed by atoms with Crippen LogP contribution in [0.25, 0.3) is 0 Å². The first-order chi connectivity index (χ1) is 3.46. The molecule has 0 saturated heterocycles. The smallest absolute Gasteiger partial charge is 0.356 e. The molecule has 0 aromatic heterocycles. The van der Waals surface area contributed by atoms with Crippen molar-refractivity contribution in [1.29, 1.82) is 0 Å². The van der Waals surface area contributed by atoms with Crippen molar-refractivity contribution in [1.82, 2.24) is 0 Å². The Labute approximate surface area is 74.5 Å². The molecular formula is CoN2NiO6+2. The fourth-order valence-electron chi connectivity index (χ4n) is 0. The maximum Gasteiger partial charge on any atom is 2.00 e. The van der Waals surface area contributed by atoms with E-state index in [0.717, 1.165) is 0 Å². The normalized spacial score (nSPS) is 4.80. The van der Waals surface area contributed by atoms with E-state index >= 15 is 0 Å². The summed E-state index contributed by atoms with van der Waals surface area (Å²) >= 11 is 0. The van der Waals surface area contributed by atoms with Gasteiger partial charge in [0.15, 0.2) is 0 Å². The van der Waals surface area contributed by atoms with Crippen molar-refractivity contribution in [3.8, 4) is 0 Å². The van der Waals surface area contributed by atoms with Crippen molar-refractivity contribution < 1.29 is 43.4 Å². The van der Waals surface area contributed by atoms with Crippen LogP contribution in [0, 0.1) is 30.6 Å². The SMILES string of the molecule is O=[N+]([O-])[O-].O=[N+]([O-])[O-].[Co+2].[Ni+2]. The van der Waals surface area contributed by atoms with Gasteiger partial charge in [0, 0.05) is 0 Å². The van der Waals surface area contributed by atoms with Gasteiger partial charge in [0.25, 0.3) is 0 Å². The third kappa shape index (κ3) is 842. The minimum absolute atomic E-state index is 0. The molecule has 0 aromatic rings. The van der Waals surface area contributed by atoms with Crippen molar-refractivity contribution in [2.24, 2.45) is 0 Å². The van der Waals surface area contributed by atoms with E-state index in [4.69, 9.17) is 30.6 Å². The Hall–Kier alpha value is -0.600. The maximum absolute atomic E-state index is 8.25.